The fourth-order valence-corrected chi connectivity index (χ4v) is 3.20. The number of aliphatic hydroxyl groups is 1. The summed E-state index contributed by atoms with van der Waals surface area (Å²) in [4.78, 5) is 13.8. The number of likely N-dealkylation sites (tertiary alicyclic amines) is 1. The van der Waals surface area contributed by atoms with Crippen molar-refractivity contribution in [3.05, 3.63) is 28.2 Å². The number of benzene rings is 1. The molecule has 134 valence electrons. The Morgan fingerprint density at radius 3 is 2.71 bits per heavy atom. The highest BCUT2D eigenvalue weighted by molar-refractivity contribution is 6.35. The van der Waals surface area contributed by atoms with E-state index in [0.717, 1.165) is 25.9 Å². The van der Waals surface area contributed by atoms with E-state index in [1.807, 2.05) is 6.92 Å². The number of hydrogen-bond donors (Lipinski definition) is 1. The number of rotatable bonds is 7. The first-order chi connectivity index (χ1) is 11.5. The quantitative estimate of drug-likeness (QED) is 0.742. The summed E-state index contributed by atoms with van der Waals surface area (Å²) in [6.45, 7) is 4.42. The number of halogens is 2. The van der Waals surface area contributed by atoms with Crippen LogP contribution in [0.2, 0.25) is 10.0 Å². The molecule has 0 aliphatic carbocycles. The number of piperidine rings is 1. The van der Waals surface area contributed by atoms with E-state index in [2.05, 4.69) is 4.90 Å². The number of aliphatic hydroxyl groups excluding tert-OH is 1. The molecule has 1 aromatic carbocycles. The standard InChI is InChI=1S/C17H23Cl2NO4/c1-2-23-17(22)12-5-7-20(8-6-12)10-14(21)11-24-16-4-3-13(18)9-15(16)19/h3-4,9,12,14,21H,2,5-8,10-11H2,1H3/t14-/m0/s1. The lowest BCUT2D eigenvalue weighted by Crippen LogP contribution is -2.42. The van der Waals surface area contributed by atoms with Gasteiger partial charge >= 0.3 is 5.97 Å². The van der Waals surface area contributed by atoms with Crippen molar-refractivity contribution in [3.8, 4) is 5.75 Å². The number of ether oxygens (including phenoxy) is 2. The van der Waals surface area contributed by atoms with Crippen molar-refractivity contribution < 1.29 is 19.4 Å². The van der Waals surface area contributed by atoms with Crippen molar-refractivity contribution >= 4 is 29.2 Å². The minimum Gasteiger partial charge on any atom is -0.489 e. The molecular weight excluding hydrogens is 353 g/mol. The van der Waals surface area contributed by atoms with Gasteiger partial charge in [0.15, 0.2) is 0 Å². The molecule has 1 fully saturated rings. The first-order valence-electron chi connectivity index (χ1n) is 8.14. The number of β-amino-alcohol motifs (C(OH)–C–C–N with tert-alkyl or cyclic N) is 1. The van der Waals surface area contributed by atoms with Gasteiger partial charge in [-0.25, -0.2) is 0 Å². The maximum absolute atomic E-state index is 11.7. The van der Waals surface area contributed by atoms with E-state index in [0.29, 0.717) is 28.9 Å². The third-order valence-electron chi connectivity index (χ3n) is 4.00. The summed E-state index contributed by atoms with van der Waals surface area (Å²) in [5, 5.41) is 11.1. The lowest BCUT2D eigenvalue weighted by atomic mass is 9.97. The Morgan fingerprint density at radius 2 is 2.08 bits per heavy atom. The van der Waals surface area contributed by atoms with Gasteiger partial charge in [0.05, 0.1) is 17.5 Å². The van der Waals surface area contributed by atoms with Crippen LogP contribution in [0.5, 0.6) is 5.75 Å². The van der Waals surface area contributed by atoms with Crippen LogP contribution in [-0.2, 0) is 9.53 Å². The molecule has 0 amide bonds. The molecule has 5 nitrogen and oxygen atoms in total. The summed E-state index contributed by atoms with van der Waals surface area (Å²) in [5.41, 5.74) is 0. The zero-order valence-electron chi connectivity index (χ0n) is 13.7. The van der Waals surface area contributed by atoms with E-state index in [1.165, 1.54) is 0 Å². The molecule has 0 bridgehead atoms. The molecule has 1 aliphatic heterocycles. The summed E-state index contributed by atoms with van der Waals surface area (Å²) in [6.07, 6.45) is 0.890. The molecule has 1 saturated heterocycles. The van der Waals surface area contributed by atoms with E-state index in [1.54, 1.807) is 18.2 Å². The van der Waals surface area contributed by atoms with E-state index in [-0.39, 0.29) is 18.5 Å². The lowest BCUT2D eigenvalue weighted by molar-refractivity contribution is -0.149. The fraction of sp³-hybridized carbons (Fsp3) is 0.588. The Morgan fingerprint density at radius 1 is 1.38 bits per heavy atom. The Kier molecular flexibility index (Phi) is 7.62. The number of carbonyl (C=O) groups excluding carboxylic acids is 1. The van der Waals surface area contributed by atoms with Gasteiger partial charge in [0, 0.05) is 11.6 Å². The Bertz CT molecular complexity index is 547. The molecule has 0 radical (unpaired) electrons. The summed E-state index contributed by atoms with van der Waals surface area (Å²) >= 11 is 11.9. The summed E-state index contributed by atoms with van der Waals surface area (Å²) in [7, 11) is 0. The number of hydrogen-bond acceptors (Lipinski definition) is 5. The van der Waals surface area contributed by atoms with Crippen molar-refractivity contribution in [2.75, 3.05) is 32.8 Å². The van der Waals surface area contributed by atoms with Crippen LogP contribution in [0.25, 0.3) is 0 Å². The molecule has 0 unspecified atom stereocenters. The van der Waals surface area contributed by atoms with Gasteiger partial charge in [0.25, 0.3) is 0 Å². The van der Waals surface area contributed by atoms with Gasteiger partial charge in [0.2, 0.25) is 0 Å². The first kappa shape index (κ1) is 19.3. The van der Waals surface area contributed by atoms with Gasteiger partial charge in [0.1, 0.15) is 18.5 Å². The molecule has 2 rings (SSSR count). The average molecular weight is 376 g/mol. The highest BCUT2D eigenvalue weighted by Crippen LogP contribution is 2.27. The third-order valence-corrected chi connectivity index (χ3v) is 4.53. The number of esters is 1. The molecule has 1 aromatic rings. The van der Waals surface area contributed by atoms with Crippen LogP contribution in [0.15, 0.2) is 18.2 Å². The number of carbonyl (C=O) groups is 1. The van der Waals surface area contributed by atoms with Gasteiger partial charge < -0.3 is 19.5 Å². The van der Waals surface area contributed by atoms with E-state index >= 15 is 0 Å². The van der Waals surface area contributed by atoms with Crippen molar-refractivity contribution in [2.24, 2.45) is 5.92 Å². The Hall–Kier alpha value is -1.01. The minimum absolute atomic E-state index is 0.0255. The lowest BCUT2D eigenvalue weighted by Gasteiger charge is -2.32. The van der Waals surface area contributed by atoms with Gasteiger partial charge in [-0.3, -0.25) is 4.79 Å². The SMILES string of the molecule is CCOC(=O)C1CCN(C[C@H](O)COc2ccc(Cl)cc2Cl)CC1. The average Bonchev–Trinajstić information content (AvgIpc) is 2.55. The summed E-state index contributed by atoms with van der Waals surface area (Å²) < 4.78 is 10.6. The molecule has 1 atom stereocenters. The Balaban J connectivity index is 1.71. The van der Waals surface area contributed by atoms with Crippen molar-refractivity contribution in [2.45, 2.75) is 25.9 Å². The van der Waals surface area contributed by atoms with Crippen LogP contribution >= 0.6 is 23.2 Å². The smallest absolute Gasteiger partial charge is 0.309 e. The maximum Gasteiger partial charge on any atom is 0.309 e. The van der Waals surface area contributed by atoms with E-state index in [9.17, 15) is 9.90 Å². The number of nitrogens with zero attached hydrogens (tertiary/aromatic N) is 1. The second-order valence-electron chi connectivity index (χ2n) is 5.87. The molecule has 1 aliphatic rings. The summed E-state index contributed by atoms with van der Waals surface area (Å²) in [6, 6.07) is 4.97. The van der Waals surface area contributed by atoms with Crippen LogP contribution in [0, 0.1) is 5.92 Å². The fourth-order valence-electron chi connectivity index (χ4n) is 2.74. The second-order valence-corrected chi connectivity index (χ2v) is 6.71. The highest BCUT2D eigenvalue weighted by atomic mass is 35.5. The van der Waals surface area contributed by atoms with Gasteiger partial charge in [-0.15, -0.1) is 0 Å². The van der Waals surface area contributed by atoms with Crippen LogP contribution in [0.3, 0.4) is 0 Å². The molecule has 7 heteroatoms. The molecule has 24 heavy (non-hydrogen) atoms. The van der Waals surface area contributed by atoms with Crippen molar-refractivity contribution in [3.63, 3.8) is 0 Å². The van der Waals surface area contributed by atoms with Gasteiger partial charge in [-0.1, -0.05) is 23.2 Å². The zero-order valence-corrected chi connectivity index (χ0v) is 15.2. The van der Waals surface area contributed by atoms with Crippen molar-refractivity contribution in [1.29, 1.82) is 0 Å². The van der Waals surface area contributed by atoms with Crippen molar-refractivity contribution in [1.82, 2.24) is 4.90 Å². The van der Waals surface area contributed by atoms with E-state index in [4.69, 9.17) is 32.7 Å². The predicted octanol–water partition coefficient (Wildman–Crippen LogP) is 3.01. The normalized spacial score (nSPS) is 17.5. The zero-order chi connectivity index (χ0) is 17.5. The summed E-state index contributed by atoms with van der Waals surface area (Å²) in [5.74, 6) is 0.363. The monoisotopic (exact) mass is 375 g/mol. The predicted molar refractivity (Wildman–Crippen MR) is 93.8 cm³/mol. The van der Waals surface area contributed by atoms with Crippen LogP contribution < -0.4 is 4.74 Å². The molecular formula is C17H23Cl2NO4. The van der Waals surface area contributed by atoms with Crippen LogP contribution in [0.4, 0.5) is 0 Å². The van der Waals surface area contributed by atoms with Gasteiger partial charge in [-0.2, -0.15) is 0 Å². The Labute approximate surface area is 152 Å². The highest BCUT2D eigenvalue weighted by Gasteiger charge is 2.26. The van der Waals surface area contributed by atoms with Crippen LogP contribution in [-0.4, -0.2) is 54.9 Å². The molecule has 0 aromatic heterocycles. The third kappa shape index (κ3) is 5.81. The molecule has 1 heterocycles. The second kappa shape index (κ2) is 9.47. The van der Waals surface area contributed by atoms with E-state index < -0.39 is 6.10 Å². The minimum atomic E-state index is -0.629. The molecule has 0 spiro atoms. The topological polar surface area (TPSA) is 59.0 Å². The first-order valence-corrected chi connectivity index (χ1v) is 8.90. The largest absolute Gasteiger partial charge is 0.489 e. The molecule has 1 N–H and O–H groups in total. The molecule has 0 saturated carbocycles. The van der Waals surface area contributed by atoms with Crippen LogP contribution in [0.1, 0.15) is 19.8 Å². The van der Waals surface area contributed by atoms with Gasteiger partial charge in [-0.05, 0) is 51.1 Å². The maximum atomic E-state index is 11.7.